The third-order valence-corrected chi connectivity index (χ3v) is 6.74. The summed E-state index contributed by atoms with van der Waals surface area (Å²) < 4.78 is 14.4. The van der Waals surface area contributed by atoms with Gasteiger partial charge in [0.25, 0.3) is 0 Å². The van der Waals surface area contributed by atoms with Crippen molar-refractivity contribution in [2.75, 3.05) is 26.3 Å². The van der Waals surface area contributed by atoms with E-state index >= 15 is 0 Å². The van der Waals surface area contributed by atoms with E-state index < -0.39 is 5.79 Å². The first-order chi connectivity index (χ1) is 15.2. The first-order valence-electron chi connectivity index (χ1n) is 10.8. The van der Waals surface area contributed by atoms with E-state index in [1.165, 1.54) is 5.56 Å². The SMILES string of the molecule is Clc1ccc2c(c1)CC1(Cc3nnc([C@H]4CCN(Cc5cccnc5)C4)n3-2)OCCO1. The Balaban J connectivity index is 1.34. The molecule has 5 heterocycles. The van der Waals surface area contributed by atoms with Gasteiger partial charge in [-0.1, -0.05) is 17.7 Å². The van der Waals surface area contributed by atoms with E-state index in [2.05, 4.69) is 36.8 Å². The smallest absolute Gasteiger partial charge is 0.179 e. The first kappa shape index (κ1) is 19.4. The second kappa shape index (κ2) is 7.67. The number of nitrogens with zero attached hydrogens (tertiary/aromatic N) is 5. The molecule has 2 aromatic heterocycles. The van der Waals surface area contributed by atoms with Crippen LogP contribution in [0.1, 0.15) is 35.1 Å². The third kappa shape index (κ3) is 3.55. The van der Waals surface area contributed by atoms with Crippen molar-refractivity contribution in [1.82, 2.24) is 24.6 Å². The predicted octanol–water partition coefficient (Wildman–Crippen LogP) is 3.15. The minimum atomic E-state index is -0.681. The average molecular weight is 438 g/mol. The second-order valence-electron chi connectivity index (χ2n) is 8.63. The summed E-state index contributed by atoms with van der Waals surface area (Å²) in [7, 11) is 0. The van der Waals surface area contributed by atoms with E-state index in [4.69, 9.17) is 21.1 Å². The highest BCUT2D eigenvalue weighted by molar-refractivity contribution is 6.30. The van der Waals surface area contributed by atoms with Gasteiger partial charge < -0.3 is 9.47 Å². The van der Waals surface area contributed by atoms with Gasteiger partial charge in [-0.3, -0.25) is 14.5 Å². The van der Waals surface area contributed by atoms with Gasteiger partial charge in [0, 0.05) is 42.8 Å². The van der Waals surface area contributed by atoms with Crippen LogP contribution in [-0.2, 0) is 28.9 Å². The summed E-state index contributed by atoms with van der Waals surface area (Å²) in [4.78, 5) is 6.71. The van der Waals surface area contributed by atoms with Crippen molar-refractivity contribution in [3.8, 4) is 5.69 Å². The van der Waals surface area contributed by atoms with Crippen LogP contribution in [0.15, 0.2) is 42.7 Å². The van der Waals surface area contributed by atoms with Gasteiger partial charge in [-0.25, -0.2) is 0 Å². The molecule has 0 N–H and O–H groups in total. The zero-order valence-electron chi connectivity index (χ0n) is 17.2. The highest BCUT2D eigenvalue weighted by Crippen LogP contribution is 2.38. The molecule has 7 nitrogen and oxygen atoms in total. The van der Waals surface area contributed by atoms with Crippen LogP contribution < -0.4 is 0 Å². The van der Waals surface area contributed by atoms with E-state index in [9.17, 15) is 0 Å². The fourth-order valence-corrected chi connectivity index (χ4v) is 5.31. The number of aromatic nitrogens is 4. The van der Waals surface area contributed by atoms with Gasteiger partial charge in [-0.05, 0) is 48.4 Å². The van der Waals surface area contributed by atoms with Crippen LogP contribution in [0.3, 0.4) is 0 Å². The molecule has 2 fully saturated rings. The molecule has 6 rings (SSSR count). The van der Waals surface area contributed by atoms with E-state index in [0.717, 1.165) is 49.0 Å². The zero-order chi connectivity index (χ0) is 20.8. The normalized spacial score (nSPS) is 22.4. The summed E-state index contributed by atoms with van der Waals surface area (Å²) in [5, 5.41) is 9.99. The molecule has 3 aromatic rings. The van der Waals surface area contributed by atoms with Crippen molar-refractivity contribution in [1.29, 1.82) is 0 Å². The van der Waals surface area contributed by atoms with Crippen molar-refractivity contribution < 1.29 is 9.47 Å². The Morgan fingerprint density at radius 2 is 2.03 bits per heavy atom. The standard InChI is InChI=1S/C23H24ClN5O2/c24-19-3-4-20-18(10-19)11-23(30-8-9-31-23)12-21-26-27-22(29(20)21)17-5-7-28(15-17)14-16-2-1-6-25-13-16/h1-4,6,10,13,17H,5,7-9,11-12,14-15H2/t17-/m0/s1. The average Bonchev–Trinajstić information content (AvgIpc) is 3.49. The fourth-order valence-electron chi connectivity index (χ4n) is 5.12. The Labute approximate surface area is 186 Å². The van der Waals surface area contributed by atoms with E-state index in [1.807, 2.05) is 30.6 Å². The van der Waals surface area contributed by atoms with E-state index in [0.29, 0.717) is 37.0 Å². The number of rotatable bonds is 3. The van der Waals surface area contributed by atoms with Gasteiger partial charge in [0.05, 0.1) is 25.3 Å². The van der Waals surface area contributed by atoms with E-state index in [1.54, 1.807) is 0 Å². The summed E-state index contributed by atoms with van der Waals surface area (Å²) in [6, 6.07) is 10.2. The number of pyridine rings is 1. The lowest BCUT2D eigenvalue weighted by Crippen LogP contribution is -2.35. The molecule has 0 unspecified atom stereocenters. The Hall–Kier alpha value is -2.32. The van der Waals surface area contributed by atoms with Crippen LogP contribution in [0.5, 0.6) is 0 Å². The molecule has 0 radical (unpaired) electrons. The van der Waals surface area contributed by atoms with Gasteiger partial charge in [-0.2, -0.15) is 0 Å². The molecule has 3 aliphatic rings. The van der Waals surface area contributed by atoms with Crippen molar-refractivity contribution in [3.05, 3.63) is 70.5 Å². The van der Waals surface area contributed by atoms with Crippen LogP contribution in [0.2, 0.25) is 5.02 Å². The largest absolute Gasteiger partial charge is 0.347 e. The van der Waals surface area contributed by atoms with Crippen LogP contribution >= 0.6 is 11.6 Å². The molecule has 31 heavy (non-hydrogen) atoms. The monoisotopic (exact) mass is 437 g/mol. The number of hydrogen-bond donors (Lipinski definition) is 0. The molecule has 1 atom stereocenters. The Kier molecular flexibility index (Phi) is 4.79. The van der Waals surface area contributed by atoms with Crippen LogP contribution in [0.25, 0.3) is 5.69 Å². The number of likely N-dealkylation sites (tertiary alicyclic amines) is 1. The van der Waals surface area contributed by atoms with Crippen LogP contribution in [-0.4, -0.2) is 56.7 Å². The first-order valence-corrected chi connectivity index (χ1v) is 11.2. The van der Waals surface area contributed by atoms with Crippen molar-refractivity contribution >= 4 is 11.6 Å². The van der Waals surface area contributed by atoms with Gasteiger partial charge in [-0.15, -0.1) is 10.2 Å². The lowest BCUT2D eigenvalue weighted by Gasteiger charge is -2.25. The summed E-state index contributed by atoms with van der Waals surface area (Å²) in [6.45, 7) is 4.09. The van der Waals surface area contributed by atoms with Crippen LogP contribution in [0.4, 0.5) is 0 Å². The maximum absolute atomic E-state index is 6.36. The van der Waals surface area contributed by atoms with Crippen LogP contribution in [0, 0.1) is 0 Å². The predicted molar refractivity (Wildman–Crippen MR) is 115 cm³/mol. The molecule has 1 spiro atoms. The minimum Gasteiger partial charge on any atom is -0.347 e. The van der Waals surface area contributed by atoms with Crippen molar-refractivity contribution in [3.63, 3.8) is 0 Å². The number of hydrogen-bond acceptors (Lipinski definition) is 6. The molecule has 8 heteroatoms. The molecule has 160 valence electrons. The number of benzene rings is 1. The number of fused-ring (bicyclic) bond motifs is 3. The Morgan fingerprint density at radius 1 is 1.13 bits per heavy atom. The molecule has 0 bridgehead atoms. The molecule has 1 aromatic carbocycles. The van der Waals surface area contributed by atoms with Crippen molar-refractivity contribution in [2.45, 2.75) is 37.5 Å². The second-order valence-corrected chi connectivity index (χ2v) is 9.06. The van der Waals surface area contributed by atoms with Gasteiger partial charge >= 0.3 is 0 Å². The Bertz CT molecular complexity index is 1100. The molecule has 3 aliphatic heterocycles. The number of ether oxygens (including phenoxy) is 2. The maximum Gasteiger partial charge on any atom is 0.179 e. The van der Waals surface area contributed by atoms with Gasteiger partial charge in [0.1, 0.15) is 11.6 Å². The highest BCUT2D eigenvalue weighted by Gasteiger charge is 2.43. The molecule has 0 amide bonds. The molecule has 0 saturated carbocycles. The Morgan fingerprint density at radius 3 is 2.87 bits per heavy atom. The lowest BCUT2D eigenvalue weighted by molar-refractivity contribution is -0.155. The molecular weight excluding hydrogens is 414 g/mol. The summed E-state index contributed by atoms with van der Waals surface area (Å²) in [5.41, 5.74) is 3.43. The van der Waals surface area contributed by atoms with E-state index in [-0.39, 0.29) is 0 Å². The van der Waals surface area contributed by atoms with Crippen molar-refractivity contribution in [2.24, 2.45) is 0 Å². The summed E-state index contributed by atoms with van der Waals surface area (Å²) >= 11 is 6.36. The van der Waals surface area contributed by atoms with Gasteiger partial charge in [0.15, 0.2) is 5.79 Å². The lowest BCUT2D eigenvalue weighted by atomic mass is 10.0. The van der Waals surface area contributed by atoms with Gasteiger partial charge in [0.2, 0.25) is 0 Å². The molecule has 2 saturated heterocycles. The molecular formula is C23H24ClN5O2. The summed E-state index contributed by atoms with van der Waals surface area (Å²) in [5.74, 6) is 1.55. The topological polar surface area (TPSA) is 65.3 Å². The summed E-state index contributed by atoms with van der Waals surface area (Å²) in [6.07, 6.45) is 6.05. The quantitative estimate of drug-likeness (QED) is 0.627. The molecule has 0 aliphatic carbocycles. The fraction of sp³-hybridized carbons (Fsp3) is 0.435. The number of halogens is 1. The maximum atomic E-state index is 6.36. The zero-order valence-corrected chi connectivity index (χ0v) is 18.0. The third-order valence-electron chi connectivity index (χ3n) is 6.50. The highest BCUT2D eigenvalue weighted by atomic mass is 35.5. The minimum absolute atomic E-state index is 0.320.